The molecule has 4 saturated carbocycles. The molecule has 0 spiro atoms. The van der Waals surface area contributed by atoms with Crippen LogP contribution in [0.1, 0.15) is 57.3 Å². The van der Waals surface area contributed by atoms with Crippen LogP contribution in [0.5, 0.6) is 0 Å². The van der Waals surface area contributed by atoms with Gasteiger partial charge >= 0.3 is 0 Å². The highest BCUT2D eigenvalue weighted by Crippen LogP contribution is 2.61. The third-order valence-electron chi connectivity index (χ3n) is 6.93. The van der Waals surface area contributed by atoms with E-state index in [1.165, 1.54) is 6.42 Å². The Kier molecular flexibility index (Phi) is 4.57. The first-order valence-electron chi connectivity index (χ1n) is 10.1. The van der Waals surface area contributed by atoms with Crippen LogP contribution in [-0.4, -0.2) is 42.9 Å². The predicted molar refractivity (Wildman–Crippen MR) is 102 cm³/mol. The van der Waals surface area contributed by atoms with E-state index in [1.54, 1.807) is 13.2 Å². The van der Waals surface area contributed by atoms with Crippen molar-refractivity contribution in [2.45, 2.75) is 57.0 Å². The molecule has 4 bridgehead atoms. The topological polar surface area (TPSA) is 74.6 Å². The van der Waals surface area contributed by atoms with Gasteiger partial charge in [-0.25, -0.2) is 0 Å². The van der Waals surface area contributed by atoms with Crippen LogP contribution in [-0.2, 0) is 9.59 Å². The number of amides is 2. The number of furan rings is 1. The first-order chi connectivity index (χ1) is 12.8. The second-order valence-electron chi connectivity index (χ2n) is 9.41. The molecular weight excluding hydrogens is 342 g/mol. The van der Waals surface area contributed by atoms with Gasteiger partial charge in [-0.15, -0.1) is 0 Å². The summed E-state index contributed by atoms with van der Waals surface area (Å²) < 4.78 is 5.56. The smallest absolute Gasteiger partial charge is 0.226 e. The van der Waals surface area contributed by atoms with Crippen LogP contribution in [0, 0.1) is 17.3 Å². The Morgan fingerprint density at radius 3 is 2.52 bits per heavy atom. The number of nitrogens with one attached hydrogen (secondary N) is 2. The van der Waals surface area contributed by atoms with Gasteiger partial charge in [0.15, 0.2) is 0 Å². The highest BCUT2D eigenvalue weighted by atomic mass is 16.3. The minimum absolute atomic E-state index is 0.0159. The predicted octanol–water partition coefficient (Wildman–Crippen LogP) is 2.47. The number of nitrogens with zero attached hydrogens (tertiary/aromatic N) is 1. The molecule has 0 aliphatic heterocycles. The fourth-order valence-corrected chi connectivity index (χ4v) is 6.44. The summed E-state index contributed by atoms with van der Waals surface area (Å²) in [5.41, 5.74) is -0.498. The van der Waals surface area contributed by atoms with E-state index in [2.05, 4.69) is 15.5 Å². The maximum absolute atomic E-state index is 13.3. The van der Waals surface area contributed by atoms with E-state index >= 15 is 0 Å². The van der Waals surface area contributed by atoms with Crippen LogP contribution in [0.25, 0.3) is 0 Å². The van der Waals surface area contributed by atoms with Crippen molar-refractivity contribution < 1.29 is 14.0 Å². The van der Waals surface area contributed by atoms with E-state index in [9.17, 15) is 9.59 Å². The van der Waals surface area contributed by atoms with E-state index in [0.717, 1.165) is 37.9 Å². The van der Waals surface area contributed by atoms with Gasteiger partial charge in [0.25, 0.3) is 0 Å². The summed E-state index contributed by atoms with van der Waals surface area (Å²) in [4.78, 5) is 27.2. The van der Waals surface area contributed by atoms with E-state index in [1.807, 2.05) is 26.2 Å². The normalized spacial score (nSPS) is 35.3. The summed E-state index contributed by atoms with van der Waals surface area (Å²) in [5.74, 6) is 2.15. The number of rotatable bonds is 6. The lowest BCUT2D eigenvalue weighted by Gasteiger charge is -2.61. The zero-order chi connectivity index (χ0) is 19.2. The summed E-state index contributed by atoms with van der Waals surface area (Å²) in [6, 6.07) is 3.85. The van der Waals surface area contributed by atoms with Crippen LogP contribution < -0.4 is 10.6 Å². The highest BCUT2D eigenvalue weighted by molar-refractivity contribution is 5.84. The number of likely N-dealkylation sites (N-methyl/N-ethyl adjacent to an activating group) is 1. The molecule has 2 unspecified atom stereocenters. The van der Waals surface area contributed by atoms with Gasteiger partial charge in [-0.1, -0.05) is 0 Å². The Morgan fingerprint density at radius 2 is 1.96 bits per heavy atom. The van der Waals surface area contributed by atoms with Gasteiger partial charge in [0.05, 0.1) is 17.7 Å². The first kappa shape index (κ1) is 18.5. The Hall–Kier alpha value is -1.82. The molecule has 6 heteroatoms. The third kappa shape index (κ3) is 3.40. The summed E-state index contributed by atoms with van der Waals surface area (Å²) in [6.45, 7) is 2.12. The summed E-state index contributed by atoms with van der Waals surface area (Å²) in [6.07, 6.45) is 7.66. The molecule has 148 valence electrons. The molecule has 6 nitrogen and oxygen atoms in total. The molecule has 1 heterocycles. The molecule has 0 aromatic carbocycles. The van der Waals surface area contributed by atoms with E-state index in [0.29, 0.717) is 18.4 Å². The average Bonchev–Trinajstić information content (AvgIpc) is 3.06. The van der Waals surface area contributed by atoms with E-state index in [4.69, 9.17) is 4.42 Å². The zero-order valence-electron chi connectivity index (χ0n) is 16.6. The fourth-order valence-electron chi connectivity index (χ4n) is 6.44. The highest BCUT2D eigenvalue weighted by Gasteiger charge is 2.60. The van der Waals surface area contributed by atoms with Crippen LogP contribution in [0.2, 0.25) is 0 Å². The molecule has 4 aliphatic rings. The average molecular weight is 373 g/mol. The molecule has 4 aliphatic carbocycles. The minimum atomic E-state index is -0.327. The molecular formula is C21H31N3O3. The zero-order valence-corrected chi connectivity index (χ0v) is 16.6. The number of hydrogen-bond donors (Lipinski definition) is 2. The molecule has 4 fully saturated rings. The van der Waals surface area contributed by atoms with Gasteiger partial charge in [0, 0.05) is 19.0 Å². The molecule has 0 radical (unpaired) electrons. The Balaban J connectivity index is 1.49. The lowest BCUT2D eigenvalue weighted by molar-refractivity contribution is -0.153. The van der Waals surface area contributed by atoms with Gasteiger partial charge in [0.1, 0.15) is 5.76 Å². The SMILES string of the molecule is CC(=O)NC12C[C@H]3C[C@@H](C1)CC(C(=O)NC[C@@H](c1ccco1)N(C)C)(C3)C2. The monoisotopic (exact) mass is 373 g/mol. The minimum Gasteiger partial charge on any atom is -0.468 e. The lowest BCUT2D eigenvalue weighted by atomic mass is 9.46. The van der Waals surface area contributed by atoms with E-state index < -0.39 is 0 Å². The van der Waals surface area contributed by atoms with Crippen LogP contribution >= 0.6 is 0 Å². The molecule has 1 aromatic rings. The molecule has 2 amide bonds. The standard InChI is InChI=1S/C21H31N3O3/c1-14(25)23-21-10-15-7-16(11-21)9-20(8-15,13-21)19(26)22-12-17(24(2)3)18-5-4-6-27-18/h4-6,15-17H,7-13H2,1-3H3,(H,22,26)(H,23,25)/t15-,16+,17-,20?,21?/m0/s1. The Labute approximate surface area is 161 Å². The van der Waals surface area contributed by atoms with E-state index in [-0.39, 0.29) is 28.8 Å². The molecule has 27 heavy (non-hydrogen) atoms. The maximum Gasteiger partial charge on any atom is 0.226 e. The lowest BCUT2D eigenvalue weighted by Crippen LogP contribution is -2.65. The molecule has 1 aromatic heterocycles. The van der Waals surface area contributed by atoms with Gasteiger partial charge in [0.2, 0.25) is 11.8 Å². The van der Waals surface area contributed by atoms with Crippen molar-refractivity contribution in [2.75, 3.05) is 20.6 Å². The van der Waals surface area contributed by atoms with Crippen molar-refractivity contribution in [1.29, 1.82) is 0 Å². The van der Waals surface area contributed by atoms with Gasteiger partial charge in [-0.05, 0) is 76.6 Å². The summed E-state index contributed by atoms with van der Waals surface area (Å²) in [5, 5.41) is 6.46. The van der Waals surface area contributed by atoms with Crippen molar-refractivity contribution in [3.05, 3.63) is 24.2 Å². The van der Waals surface area contributed by atoms with Crippen LogP contribution in [0.15, 0.2) is 22.8 Å². The van der Waals surface area contributed by atoms with Crippen molar-refractivity contribution in [3.8, 4) is 0 Å². The number of carbonyl (C=O) groups is 2. The van der Waals surface area contributed by atoms with Crippen molar-refractivity contribution in [3.63, 3.8) is 0 Å². The molecule has 5 rings (SSSR count). The van der Waals surface area contributed by atoms with Gasteiger partial charge < -0.3 is 15.1 Å². The van der Waals surface area contributed by atoms with Gasteiger partial charge in [-0.3, -0.25) is 14.5 Å². The number of hydrogen-bond acceptors (Lipinski definition) is 4. The van der Waals surface area contributed by atoms with Gasteiger partial charge in [-0.2, -0.15) is 0 Å². The van der Waals surface area contributed by atoms with Crippen molar-refractivity contribution >= 4 is 11.8 Å². The van der Waals surface area contributed by atoms with Crippen molar-refractivity contribution in [2.24, 2.45) is 17.3 Å². The first-order valence-corrected chi connectivity index (χ1v) is 10.1. The summed E-state index contributed by atoms with van der Waals surface area (Å²) >= 11 is 0. The fraction of sp³-hybridized carbons (Fsp3) is 0.714. The molecule has 2 N–H and O–H groups in total. The summed E-state index contributed by atoms with van der Waals surface area (Å²) in [7, 11) is 3.99. The second kappa shape index (κ2) is 6.66. The molecule has 5 atom stereocenters. The molecule has 0 saturated heterocycles. The quantitative estimate of drug-likeness (QED) is 0.803. The number of carbonyl (C=O) groups excluding carboxylic acids is 2. The Bertz CT molecular complexity index is 698. The van der Waals surface area contributed by atoms with Crippen LogP contribution in [0.3, 0.4) is 0 Å². The largest absolute Gasteiger partial charge is 0.468 e. The second-order valence-corrected chi connectivity index (χ2v) is 9.41. The third-order valence-corrected chi connectivity index (χ3v) is 6.93. The maximum atomic E-state index is 13.3. The Morgan fingerprint density at radius 1 is 1.26 bits per heavy atom. The van der Waals surface area contributed by atoms with Crippen LogP contribution in [0.4, 0.5) is 0 Å². The van der Waals surface area contributed by atoms with Crippen molar-refractivity contribution in [1.82, 2.24) is 15.5 Å².